The van der Waals surface area contributed by atoms with Crippen molar-refractivity contribution in [3.8, 4) is 6.07 Å². The van der Waals surface area contributed by atoms with E-state index in [0.717, 1.165) is 31.5 Å². The van der Waals surface area contributed by atoms with Gasteiger partial charge in [-0.15, -0.1) is 0 Å². The van der Waals surface area contributed by atoms with Crippen LogP contribution in [0.2, 0.25) is 0 Å². The second-order valence-electron chi connectivity index (χ2n) is 4.69. The van der Waals surface area contributed by atoms with Gasteiger partial charge in [0.05, 0.1) is 11.3 Å². The van der Waals surface area contributed by atoms with Crippen LogP contribution in [0.25, 0.3) is 0 Å². The number of nitrogens with zero attached hydrogens (tertiary/aromatic N) is 2. The Labute approximate surface area is 107 Å². The maximum absolute atomic E-state index is 13.2. The van der Waals surface area contributed by atoms with Crippen molar-refractivity contribution in [1.82, 2.24) is 0 Å². The smallest absolute Gasteiger partial charge is 0.124 e. The molecule has 1 aliphatic rings. The van der Waals surface area contributed by atoms with Gasteiger partial charge in [0.15, 0.2) is 0 Å². The molecule has 4 heteroatoms. The number of halogens is 1. The standard InChI is InChI=1S/C14H18FN3/c15-12-4-5-14(11(9-12)10-17)18-8-2-1-3-13(18)6-7-16/h4-5,9,13H,1-3,6-8,16H2. The van der Waals surface area contributed by atoms with Crippen molar-refractivity contribution in [1.29, 1.82) is 5.26 Å². The molecule has 0 aromatic heterocycles. The number of hydrogen-bond acceptors (Lipinski definition) is 3. The fraction of sp³-hybridized carbons (Fsp3) is 0.500. The molecule has 2 rings (SSSR count). The van der Waals surface area contributed by atoms with Gasteiger partial charge < -0.3 is 10.6 Å². The quantitative estimate of drug-likeness (QED) is 0.892. The van der Waals surface area contributed by atoms with E-state index in [1.54, 1.807) is 6.07 Å². The second-order valence-corrected chi connectivity index (χ2v) is 4.69. The SMILES string of the molecule is N#Cc1cc(F)ccc1N1CCCCC1CCN. The topological polar surface area (TPSA) is 53.0 Å². The summed E-state index contributed by atoms with van der Waals surface area (Å²) in [5.41, 5.74) is 6.90. The Morgan fingerprint density at radius 2 is 2.28 bits per heavy atom. The first-order valence-corrected chi connectivity index (χ1v) is 6.42. The molecule has 1 aliphatic heterocycles. The van der Waals surface area contributed by atoms with Gasteiger partial charge in [0.25, 0.3) is 0 Å². The van der Waals surface area contributed by atoms with Crippen molar-refractivity contribution in [2.75, 3.05) is 18.0 Å². The van der Waals surface area contributed by atoms with E-state index >= 15 is 0 Å². The summed E-state index contributed by atoms with van der Waals surface area (Å²) in [5, 5.41) is 9.12. The lowest BCUT2D eigenvalue weighted by atomic mass is 9.97. The van der Waals surface area contributed by atoms with Gasteiger partial charge in [-0.05, 0) is 50.4 Å². The predicted octanol–water partition coefficient (Wildman–Crippen LogP) is 2.41. The first-order valence-electron chi connectivity index (χ1n) is 6.42. The highest BCUT2D eigenvalue weighted by Gasteiger charge is 2.23. The van der Waals surface area contributed by atoms with Gasteiger partial charge in [0, 0.05) is 12.6 Å². The molecule has 1 heterocycles. The minimum Gasteiger partial charge on any atom is -0.367 e. The molecule has 1 unspecified atom stereocenters. The van der Waals surface area contributed by atoms with Crippen LogP contribution in [0.4, 0.5) is 10.1 Å². The molecule has 0 bridgehead atoms. The summed E-state index contributed by atoms with van der Waals surface area (Å²) in [6.07, 6.45) is 4.33. The number of nitrogens with two attached hydrogens (primary N) is 1. The summed E-state index contributed by atoms with van der Waals surface area (Å²) >= 11 is 0. The van der Waals surface area contributed by atoms with Crippen molar-refractivity contribution < 1.29 is 4.39 Å². The van der Waals surface area contributed by atoms with E-state index in [0.29, 0.717) is 18.2 Å². The lowest BCUT2D eigenvalue weighted by molar-refractivity contribution is 0.441. The van der Waals surface area contributed by atoms with Crippen LogP contribution >= 0.6 is 0 Å². The van der Waals surface area contributed by atoms with Gasteiger partial charge in [-0.25, -0.2) is 4.39 Å². The van der Waals surface area contributed by atoms with Gasteiger partial charge in [-0.1, -0.05) is 0 Å². The largest absolute Gasteiger partial charge is 0.367 e. The lowest BCUT2D eigenvalue weighted by Crippen LogP contribution is -2.41. The van der Waals surface area contributed by atoms with Gasteiger partial charge in [-0.2, -0.15) is 5.26 Å². The van der Waals surface area contributed by atoms with E-state index in [4.69, 9.17) is 11.0 Å². The van der Waals surface area contributed by atoms with Crippen molar-refractivity contribution >= 4 is 5.69 Å². The Morgan fingerprint density at radius 1 is 1.44 bits per heavy atom. The fourth-order valence-corrected chi connectivity index (χ4v) is 2.66. The monoisotopic (exact) mass is 247 g/mol. The third-order valence-corrected chi connectivity index (χ3v) is 3.52. The van der Waals surface area contributed by atoms with Crippen LogP contribution in [-0.2, 0) is 0 Å². The summed E-state index contributed by atoms with van der Waals surface area (Å²) < 4.78 is 13.2. The first kappa shape index (κ1) is 12.8. The summed E-state index contributed by atoms with van der Waals surface area (Å²) in [4.78, 5) is 2.22. The van der Waals surface area contributed by atoms with E-state index in [1.807, 2.05) is 0 Å². The molecule has 1 saturated heterocycles. The highest BCUT2D eigenvalue weighted by molar-refractivity contribution is 5.60. The van der Waals surface area contributed by atoms with Gasteiger partial charge in [-0.3, -0.25) is 0 Å². The molecule has 1 aromatic carbocycles. The summed E-state index contributed by atoms with van der Waals surface area (Å²) in [5.74, 6) is -0.359. The van der Waals surface area contributed by atoms with E-state index in [1.165, 1.54) is 18.6 Å². The molecule has 3 nitrogen and oxygen atoms in total. The molecule has 0 saturated carbocycles. The molecule has 0 amide bonds. The molecular weight excluding hydrogens is 229 g/mol. The second kappa shape index (κ2) is 5.83. The number of benzene rings is 1. The average molecular weight is 247 g/mol. The molecule has 0 radical (unpaired) electrons. The number of rotatable bonds is 3. The zero-order valence-corrected chi connectivity index (χ0v) is 10.4. The highest BCUT2D eigenvalue weighted by Crippen LogP contribution is 2.29. The highest BCUT2D eigenvalue weighted by atomic mass is 19.1. The molecule has 18 heavy (non-hydrogen) atoms. The molecule has 1 atom stereocenters. The Morgan fingerprint density at radius 3 is 3.00 bits per heavy atom. The first-order chi connectivity index (χ1) is 8.76. The molecule has 0 aliphatic carbocycles. The van der Waals surface area contributed by atoms with Crippen LogP contribution in [-0.4, -0.2) is 19.1 Å². The lowest BCUT2D eigenvalue weighted by Gasteiger charge is -2.38. The zero-order valence-electron chi connectivity index (χ0n) is 10.4. The van der Waals surface area contributed by atoms with Crippen molar-refractivity contribution in [3.63, 3.8) is 0 Å². The number of anilines is 1. The van der Waals surface area contributed by atoms with Crippen LogP contribution in [0.5, 0.6) is 0 Å². The summed E-state index contributed by atoms with van der Waals surface area (Å²) in [7, 11) is 0. The Balaban J connectivity index is 2.30. The Hall–Kier alpha value is -1.60. The van der Waals surface area contributed by atoms with Crippen LogP contribution in [0, 0.1) is 17.1 Å². The number of hydrogen-bond donors (Lipinski definition) is 1. The third-order valence-electron chi connectivity index (χ3n) is 3.52. The molecule has 1 fully saturated rings. The molecule has 96 valence electrons. The molecule has 0 spiro atoms. The average Bonchev–Trinajstić information content (AvgIpc) is 2.40. The van der Waals surface area contributed by atoms with Crippen molar-refractivity contribution in [2.45, 2.75) is 31.7 Å². The Kier molecular flexibility index (Phi) is 4.16. The summed E-state index contributed by atoms with van der Waals surface area (Å²) in [6, 6.07) is 6.90. The van der Waals surface area contributed by atoms with Crippen LogP contribution < -0.4 is 10.6 Å². The molecule has 1 aromatic rings. The van der Waals surface area contributed by atoms with Gasteiger partial charge >= 0.3 is 0 Å². The Bertz CT molecular complexity index is 451. The molecule has 2 N–H and O–H groups in total. The number of nitriles is 1. The minimum absolute atomic E-state index is 0.359. The maximum atomic E-state index is 13.2. The normalized spacial score (nSPS) is 19.6. The van der Waals surface area contributed by atoms with Crippen LogP contribution in [0.1, 0.15) is 31.2 Å². The zero-order chi connectivity index (χ0) is 13.0. The number of piperidine rings is 1. The van der Waals surface area contributed by atoms with Gasteiger partial charge in [0.2, 0.25) is 0 Å². The third kappa shape index (κ3) is 2.62. The van der Waals surface area contributed by atoms with E-state index < -0.39 is 0 Å². The molecular formula is C14H18FN3. The van der Waals surface area contributed by atoms with Gasteiger partial charge in [0.1, 0.15) is 11.9 Å². The van der Waals surface area contributed by atoms with Crippen LogP contribution in [0.15, 0.2) is 18.2 Å². The summed E-state index contributed by atoms with van der Waals surface area (Å²) in [6.45, 7) is 1.56. The minimum atomic E-state index is -0.359. The maximum Gasteiger partial charge on any atom is 0.124 e. The fourth-order valence-electron chi connectivity index (χ4n) is 2.66. The predicted molar refractivity (Wildman–Crippen MR) is 69.8 cm³/mol. The van der Waals surface area contributed by atoms with Crippen molar-refractivity contribution in [2.24, 2.45) is 5.73 Å². The van der Waals surface area contributed by atoms with Crippen LogP contribution in [0.3, 0.4) is 0 Å². The van der Waals surface area contributed by atoms with E-state index in [9.17, 15) is 4.39 Å². The van der Waals surface area contributed by atoms with E-state index in [2.05, 4.69) is 11.0 Å². The van der Waals surface area contributed by atoms with E-state index in [-0.39, 0.29) is 5.82 Å². The van der Waals surface area contributed by atoms with Crippen molar-refractivity contribution in [3.05, 3.63) is 29.6 Å².